The molecule has 7 heteroatoms. The lowest BCUT2D eigenvalue weighted by Gasteiger charge is -2.23. The highest BCUT2D eigenvalue weighted by Crippen LogP contribution is 2.23. The molecular formula is C20H32N2O4S. The third-order valence-corrected chi connectivity index (χ3v) is 5.85. The molecule has 2 rings (SSSR count). The molecule has 0 bridgehead atoms. The van der Waals surface area contributed by atoms with Crippen molar-refractivity contribution in [2.24, 2.45) is 0 Å². The van der Waals surface area contributed by atoms with E-state index in [1.54, 1.807) is 24.3 Å². The molecule has 1 aliphatic rings. The van der Waals surface area contributed by atoms with Crippen LogP contribution in [0.5, 0.6) is 5.75 Å². The fourth-order valence-electron chi connectivity index (χ4n) is 3.38. The average molecular weight is 397 g/mol. The van der Waals surface area contributed by atoms with Gasteiger partial charge in [-0.1, -0.05) is 25.7 Å². The molecule has 0 heterocycles. The average Bonchev–Trinajstić information content (AvgIpc) is 2.83. The van der Waals surface area contributed by atoms with Gasteiger partial charge in [-0.05, 0) is 51.0 Å². The first kappa shape index (κ1) is 21.5. The van der Waals surface area contributed by atoms with Crippen molar-refractivity contribution in [1.29, 1.82) is 0 Å². The van der Waals surface area contributed by atoms with Gasteiger partial charge in [0.2, 0.25) is 15.9 Å². The number of ether oxygens (including phenoxy) is 1. The van der Waals surface area contributed by atoms with Crippen LogP contribution in [0.3, 0.4) is 0 Å². The van der Waals surface area contributed by atoms with Gasteiger partial charge >= 0.3 is 0 Å². The zero-order chi connectivity index (χ0) is 19.9. The smallest absolute Gasteiger partial charge is 0.232 e. The Balaban J connectivity index is 1.97. The second kappa shape index (κ2) is 9.97. The molecule has 0 spiro atoms. The predicted octanol–water partition coefficient (Wildman–Crippen LogP) is 3.47. The first-order valence-corrected chi connectivity index (χ1v) is 11.6. The lowest BCUT2D eigenvalue weighted by Crippen LogP contribution is -2.38. The number of anilines is 1. The molecule has 0 saturated heterocycles. The van der Waals surface area contributed by atoms with Crippen LogP contribution in [0.25, 0.3) is 0 Å². The fourth-order valence-corrected chi connectivity index (χ4v) is 4.30. The molecule has 1 aromatic rings. The van der Waals surface area contributed by atoms with Gasteiger partial charge < -0.3 is 10.1 Å². The van der Waals surface area contributed by atoms with Gasteiger partial charge in [0.15, 0.2) is 0 Å². The Morgan fingerprint density at radius 3 is 2.26 bits per heavy atom. The monoisotopic (exact) mass is 396 g/mol. The Bertz CT molecular complexity index is 693. The van der Waals surface area contributed by atoms with Gasteiger partial charge in [0, 0.05) is 19.0 Å². The minimum Gasteiger partial charge on any atom is -0.491 e. The number of rotatable bonds is 8. The maximum absolute atomic E-state index is 12.3. The van der Waals surface area contributed by atoms with Crippen LogP contribution in [0.4, 0.5) is 5.69 Å². The van der Waals surface area contributed by atoms with Crippen molar-refractivity contribution in [2.75, 3.05) is 17.1 Å². The summed E-state index contributed by atoms with van der Waals surface area (Å²) in [6.07, 6.45) is 8.13. The van der Waals surface area contributed by atoms with E-state index in [1.165, 1.54) is 17.1 Å². The molecule has 1 amide bonds. The number of amides is 1. The summed E-state index contributed by atoms with van der Waals surface area (Å²) in [6, 6.07) is 7.14. The molecule has 1 aromatic carbocycles. The Morgan fingerprint density at radius 2 is 1.74 bits per heavy atom. The molecule has 1 saturated carbocycles. The van der Waals surface area contributed by atoms with Gasteiger partial charge in [0.05, 0.1) is 18.0 Å². The second-order valence-electron chi connectivity index (χ2n) is 7.50. The molecule has 0 aliphatic heterocycles. The topological polar surface area (TPSA) is 75.7 Å². The van der Waals surface area contributed by atoms with Crippen LogP contribution in [0, 0.1) is 0 Å². The van der Waals surface area contributed by atoms with Gasteiger partial charge in [-0.2, -0.15) is 0 Å². The van der Waals surface area contributed by atoms with E-state index < -0.39 is 10.0 Å². The summed E-state index contributed by atoms with van der Waals surface area (Å²) in [5, 5.41) is 3.07. The molecule has 0 unspecified atom stereocenters. The Kier molecular flexibility index (Phi) is 7.95. The van der Waals surface area contributed by atoms with Crippen LogP contribution in [0.2, 0.25) is 0 Å². The summed E-state index contributed by atoms with van der Waals surface area (Å²) < 4.78 is 31.3. The molecule has 1 N–H and O–H groups in total. The highest BCUT2D eigenvalue weighted by Gasteiger charge is 2.20. The van der Waals surface area contributed by atoms with Gasteiger partial charge in [-0.3, -0.25) is 9.10 Å². The van der Waals surface area contributed by atoms with E-state index in [1.807, 2.05) is 13.8 Å². The van der Waals surface area contributed by atoms with E-state index >= 15 is 0 Å². The quantitative estimate of drug-likeness (QED) is 0.683. The second-order valence-corrected chi connectivity index (χ2v) is 9.41. The summed E-state index contributed by atoms with van der Waals surface area (Å²) >= 11 is 0. The molecule has 1 aliphatic carbocycles. The van der Waals surface area contributed by atoms with E-state index in [2.05, 4.69) is 5.32 Å². The van der Waals surface area contributed by atoms with Crippen molar-refractivity contribution in [3.63, 3.8) is 0 Å². The van der Waals surface area contributed by atoms with Gasteiger partial charge in [0.25, 0.3) is 0 Å². The molecule has 6 nitrogen and oxygen atoms in total. The van der Waals surface area contributed by atoms with Gasteiger partial charge in [-0.15, -0.1) is 0 Å². The molecule has 0 radical (unpaired) electrons. The summed E-state index contributed by atoms with van der Waals surface area (Å²) in [6.45, 7) is 4.00. The molecule has 0 atom stereocenters. The molecular weight excluding hydrogens is 364 g/mol. The number of hydrogen-bond acceptors (Lipinski definition) is 4. The van der Waals surface area contributed by atoms with Crippen molar-refractivity contribution in [3.8, 4) is 5.75 Å². The number of carbonyl (C=O) groups is 1. The fraction of sp³-hybridized carbons (Fsp3) is 0.650. The maximum Gasteiger partial charge on any atom is 0.232 e. The summed E-state index contributed by atoms with van der Waals surface area (Å²) in [5.41, 5.74) is 0.538. The number of carbonyl (C=O) groups excluding carboxylic acids is 1. The molecule has 1 fully saturated rings. The molecule has 152 valence electrons. The van der Waals surface area contributed by atoms with Gasteiger partial charge in [-0.25, -0.2) is 8.42 Å². The third kappa shape index (κ3) is 7.40. The van der Waals surface area contributed by atoms with Crippen molar-refractivity contribution < 1.29 is 17.9 Å². The summed E-state index contributed by atoms with van der Waals surface area (Å²) in [4.78, 5) is 12.3. The number of sulfonamides is 1. The predicted molar refractivity (Wildman–Crippen MR) is 109 cm³/mol. The summed E-state index contributed by atoms with van der Waals surface area (Å²) in [5.74, 6) is 0.601. The molecule has 0 aromatic heterocycles. The normalized spacial score (nSPS) is 16.0. The first-order chi connectivity index (χ1) is 12.8. The number of benzene rings is 1. The van der Waals surface area contributed by atoms with Crippen molar-refractivity contribution in [3.05, 3.63) is 24.3 Å². The van der Waals surface area contributed by atoms with Crippen LogP contribution in [0.15, 0.2) is 24.3 Å². The Hall–Kier alpha value is -1.76. The number of nitrogens with one attached hydrogen (secondary N) is 1. The first-order valence-electron chi connectivity index (χ1n) is 9.79. The summed E-state index contributed by atoms with van der Waals surface area (Å²) in [7, 11) is -3.48. The van der Waals surface area contributed by atoms with Crippen LogP contribution < -0.4 is 14.4 Å². The number of nitrogens with zero attached hydrogens (tertiary/aromatic N) is 1. The minimum absolute atomic E-state index is 0.0505. The Morgan fingerprint density at radius 1 is 1.15 bits per heavy atom. The molecule has 27 heavy (non-hydrogen) atoms. The maximum atomic E-state index is 12.3. The van der Waals surface area contributed by atoms with Crippen molar-refractivity contribution in [2.45, 2.75) is 70.9 Å². The lowest BCUT2D eigenvalue weighted by molar-refractivity contribution is -0.121. The van der Waals surface area contributed by atoms with Gasteiger partial charge in [0.1, 0.15) is 5.75 Å². The zero-order valence-corrected chi connectivity index (χ0v) is 17.4. The largest absolute Gasteiger partial charge is 0.491 e. The number of hydrogen-bond donors (Lipinski definition) is 1. The van der Waals surface area contributed by atoms with Crippen molar-refractivity contribution in [1.82, 2.24) is 5.32 Å². The minimum atomic E-state index is -3.48. The lowest BCUT2D eigenvalue weighted by atomic mass is 10.1. The van der Waals surface area contributed by atoms with Crippen LogP contribution in [-0.2, 0) is 14.8 Å². The van der Waals surface area contributed by atoms with Crippen molar-refractivity contribution >= 4 is 21.6 Å². The zero-order valence-electron chi connectivity index (χ0n) is 16.6. The highest BCUT2D eigenvalue weighted by atomic mass is 32.2. The highest BCUT2D eigenvalue weighted by molar-refractivity contribution is 7.92. The van der Waals surface area contributed by atoms with E-state index in [-0.39, 0.29) is 31.0 Å². The standard InChI is InChI=1S/C20H32N2O4S/c1-16(2)26-19-12-10-18(11-13-19)22(27(3,24)25)15-14-20(23)21-17-8-6-4-5-7-9-17/h10-13,16-17H,4-9,14-15H2,1-3H3,(H,21,23). The SMILES string of the molecule is CC(C)Oc1ccc(N(CCC(=O)NC2CCCCCC2)S(C)(=O)=O)cc1. The third-order valence-electron chi connectivity index (χ3n) is 4.66. The van der Waals surface area contributed by atoms with Crippen LogP contribution in [0.1, 0.15) is 58.8 Å². The van der Waals surface area contributed by atoms with E-state index in [0.717, 1.165) is 31.9 Å². The van der Waals surface area contributed by atoms with Crippen LogP contribution >= 0.6 is 0 Å². The van der Waals surface area contributed by atoms with E-state index in [0.29, 0.717) is 11.4 Å². The van der Waals surface area contributed by atoms with Crippen LogP contribution in [-0.4, -0.2) is 39.3 Å². The van der Waals surface area contributed by atoms with E-state index in [9.17, 15) is 13.2 Å². The Labute approximate surface area is 163 Å². The van der Waals surface area contributed by atoms with E-state index in [4.69, 9.17) is 4.74 Å².